The third-order valence-electron chi connectivity index (χ3n) is 3.89. The summed E-state index contributed by atoms with van der Waals surface area (Å²) in [6.07, 6.45) is 0.714. The van der Waals surface area contributed by atoms with Gasteiger partial charge in [0.2, 0.25) is 0 Å². The van der Waals surface area contributed by atoms with Crippen molar-refractivity contribution >= 4 is 5.97 Å². The first kappa shape index (κ1) is 17.3. The van der Waals surface area contributed by atoms with Crippen molar-refractivity contribution in [2.75, 3.05) is 35.5 Å². The van der Waals surface area contributed by atoms with Crippen LogP contribution in [0, 0.1) is 0 Å². The molecule has 0 aromatic rings. The Bertz CT molecular complexity index is 314. The van der Waals surface area contributed by atoms with E-state index in [1.807, 2.05) is 6.92 Å². The van der Waals surface area contributed by atoms with Gasteiger partial charge in [-0.15, -0.1) is 0 Å². The lowest BCUT2D eigenvalue weighted by Crippen LogP contribution is -2.64. The van der Waals surface area contributed by atoms with Gasteiger partial charge in [-0.2, -0.15) is 0 Å². The zero-order valence-corrected chi connectivity index (χ0v) is 13.0. The molecule has 1 aliphatic heterocycles. The van der Waals surface area contributed by atoms with Crippen LogP contribution < -0.4 is 0 Å². The van der Waals surface area contributed by atoms with E-state index in [4.69, 9.17) is 28.4 Å². The SMILES string of the molecule is CC[C@@]1(C(=O)OC)CC(OC)(OC)CC(OC)(OC)O1. The highest BCUT2D eigenvalue weighted by Gasteiger charge is 2.61. The van der Waals surface area contributed by atoms with Crippen molar-refractivity contribution in [3.05, 3.63) is 0 Å². The fourth-order valence-corrected chi connectivity index (χ4v) is 2.52. The van der Waals surface area contributed by atoms with Gasteiger partial charge in [0.15, 0.2) is 11.4 Å². The zero-order chi connectivity index (χ0) is 15.4. The van der Waals surface area contributed by atoms with E-state index < -0.39 is 23.3 Å². The summed E-state index contributed by atoms with van der Waals surface area (Å²) in [5.41, 5.74) is -1.26. The normalized spacial score (nSPS) is 28.1. The summed E-state index contributed by atoms with van der Waals surface area (Å²) in [4.78, 5) is 12.2. The molecular weight excluding hydrogens is 268 g/mol. The predicted octanol–water partition coefficient (Wildman–Crippen LogP) is 1.05. The number of ether oxygens (including phenoxy) is 6. The summed E-state index contributed by atoms with van der Waals surface area (Å²) in [5.74, 6) is -3.01. The minimum Gasteiger partial charge on any atom is -0.467 e. The third kappa shape index (κ3) is 2.82. The molecule has 0 saturated carbocycles. The average Bonchev–Trinajstić information content (AvgIpc) is 2.53. The Hall–Kier alpha value is -0.730. The third-order valence-corrected chi connectivity index (χ3v) is 3.89. The Morgan fingerprint density at radius 3 is 1.90 bits per heavy atom. The van der Waals surface area contributed by atoms with Gasteiger partial charge in [-0.3, -0.25) is 0 Å². The van der Waals surface area contributed by atoms with Crippen molar-refractivity contribution in [3.63, 3.8) is 0 Å². The lowest BCUT2D eigenvalue weighted by molar-refractivity contribution is -0.452. The quantitative estimate of drug-likeness (QED) is 0.535. The first-order valence-corrected chi connectivity index (χ1v) is 6.40. The number of esters is 1. The highest BCUT2D eigenvalue weighted by Crippen LogP contribution is 2.46. The molecule has 0 spiro atoms. The van der Waals surface area contributed by atoms with Crippen molar-refractivity contribution in [2.45, 2.75) is 43.5 Å². The summed E-state index contributed by atoms with van der Waals surface area (Å²) < 4.78 is 32.3. The molecular formula is C13H24O7. The summed E-state index contributed by atoms with van der Waals surface area (Å²) in [6, 6.07) is 0. The summed E-state index contributed by atoms with van der Waals surface area (Å²) in [6.45, 7) is 1.81. The van der Waals surface area contributed by atoms with Gasteiger partial charge in [0.25, 0.3) is 5.97 Å². The van der Waals surface area contributed by atoms with Gasteiger partial charge >= 0.3 is 5.97 Å². The fraction of sp³-hybridized carbons (Fsp3) is 0.923. The molecule has 1 aliphatic rings. The molecule has 0 aliphatic carbocycles. The number of methoxy groups -OCH3 is 5. The fourth-order valence-electron chi connectivity index (χ4n) is 2.52. The lowest BCUT2D eigenvalue weighted by Gasteiger charge is -2.51. The van der Waals surface area contributed by atoms with Crippen molar-refractivity contribution < 1.29 is 33.2 Å². The van der Waals surface area contributed by atoms with Crippen molar-refractivity contribution in [1.29, 1.82) is 0 Å². The Labute approximate surface area is 119 Å². The van der Waals surface area contributed by atoms with E-state index in [0.717, 1.165) is 0 Å². The molecule has 118 valence electrons. The maximum absolute atomic E-state index is 12.2. The molecule has 0 bridgehead atoms. The summed E-state index contributed by atoms with van der Waals surface area (Å²) >= 11 is 0. The number of carbonyl (C=O) groups excluding carboxylic acids is 1. The van der Waals surface area contributed by atoms with Gasteiger partial charge in [0.05, 0.1) is 13.5 Å². The minimum absolute atomic E-state index is 0.165. The average molecular weight is 292 g/mol. The van der Waals surface area contributed by atoms with E-state index in [9.17, 15) is 4.79 Å². The molecule has 1 heterocycles. The van der Waals surface area contributed by atoms with Crippen molar-refractivity contribution in [2.24, 2.45) is 0 Å². The molecule has 0 radical (unpaired) electrons. The van der Waals surface area contributed by atoms with Gasteiger partial charge in [-0.25, -0.2) is 4.79 Å². The summed E-state index contributed by atoms with van der Waals surface area (Å²) in [7, 11) is 7.18. The van der Waals surface area contributed by atoms with E-state index in [1.165, 1.54) is 35.5 Å². The molecule has 1 atom stereocenters. The maximum atomic E-state index is 12.2. The van der Waals surface area contributed by atoms with Crippen LogP contribution in [-0.2, 0) is 33.2 Å². The van der Waals surface area contributed by atoms with Crippen LogP contribution >= 0.6 is 0 Å². The van der Waals surface area contributed by atoms with Crippen LogP contribution in [0.3, 0.4) is 0 Å². The molecule has 1 fully saturated rings. The monoisotopic (exact) mass is 292 g/mol. The standard InChI is InChI=1S/C13H24O7/c1-7-11(10(14)15-2)8-12(16-3,17-4)9-13(18-5,19-6)20-11/h7-9H2,1-6H3/t11-/m0/s1. The number of hydrogen-bond acceptors (Lipinski definition) is 7. The highest BCUT2D eigenvalue weighted by molar-refractivity contribution is 5.79. The second kappa shape index (κ2) is 6.36. The van der Waals surface area contributed by atoms with Crippen LogP contribution in [-0.4, -0.2) is 58.9 Å². The van der Waals surface area contributed by atoms with Crippen LogP contribution in [0.25, 0.3) is 0 Å². The number of rotatable bonds is 6. The van der Waals surface area contributed by atoms with E-state index in [-0.39, 0.29) is 12.8 Å². The van der Waals surface area contributed by atoms with Gasteiger partial charge in [0.1, 0.15) is 0 Å². The molecule has 0 unspecified atom stereocenters. The van der Waals surface area contributed by atoms with E-state index in [1.54, 1.807) is 0 Å². The van der Waals surface area contributed by atoms with Gasteiger partial charge < -0.3 is 28.4 Å². The Balaban J connectivity index is 3.28. The summed E-state index contributed by atoms with van der Waals surface area (Å²) in [5, 5.41) is 0. The van der Waals surface area contributed by atoms with E-state index in [0.29, 0.717) is 6.42 Å². The highest BCUT2D eigenvalue weighted by atomic mass is 16.9. The molecule has 20 heavy (non-hydrogen) atoms. The molecule has 7 heteroatoms. The topological polar surface area (TPSA) is 72.5 Å². The first-order valence-electron chi connectivity index (χ1n) is 6.40. The minimum atomic E-state index is -1.44. The van der Waals surface area contributed by atoms with Crippen molar-refractivity contribution in [1.82, 2.24) is 0 Å². The van der Waals surface area contributed by atoms with E-state index in [2.05, 4.69) is 0 Å². The van der Waals surface area contributed by atoms with Gasteiger partial charge in [0, 0.05) is 34.9 Å². The van der Waals surface area contributed by atoms with Crippen LogP contribution in [0.15, 0.2) is 0 Å². The molecule has 7 nitrogen and oxygen atoms in total. The van der Waals surface area contributed by atoms with Crippen LogP contribution in [0.2, 0.25) is 0 Å². The number of hydrogen-bond donors (Lipinski definition) is 0. The van der Waals surface area contributed by atoms with Gasteiger partial charge in [-0.1, -0.05) is 6.92 Å². The number of carbonyl (C=O) groups is 1. The Morgan fingerprint density at radius 1 is 1.00 bits per heavy atom. The zero-order valence-electron chi connectivity index (χ0n) is 13.0. The molecule has 0 aromatic carbocycles. The molecule has 1 saturated heterocycles. The first-order chi connectivity index (χ1) is 9.41. The van der Waals surface area contributed by atoms with Crippen LogP contribution in [0.5, 0.6) is 0 Å². The second-order valence-electron chi connectivity index (χ2n) is 4.71. The van der Waals surface area contributed by atoms with Crippen LogP contribution in [0.1, 0.15) is 26.2 Å². The largest absolute Gasteiger partial charge is 0.467 e. The maximum Gasteiger partial charge on any atom is 0.338 e. The Morgan fingerprint density at radius 2 is 1.55 bits per heavy atom. The smallest absolute Gasteiger partial charge is 0.338 e. The van der Waals surface area contributed by atoms with Crippen molar-refractivity contribution in [3.8, 4) is 0 Å². The van der Waals surface area contributed by atoms with Gasteiger partial charge in [-0.05, 0) is 6.42 Å². The van der Waals surface area contributed by atoms with Crippen LogP contribution in [0.4, 0.5) is 0 Å². The molecule has 0 amide bonds. The molecule has 0 N–H and O–H groups in total. The lowest BCUT2D eigenvalue weighted by atomic mass is 9.85. The molecule has 0 aromatic heterocycles. The predicted molar refractivity (Wildman–Crippen MR) is 68.9 cm³/mol. The Kier molecular flexibility index (Phi) is 5.51. The second-order valence-corrected chi connectivity index (χ2v) is 4.71. The van der Waals surface area contributed by atoms with E-state index >= 15 is 0 Å². The molecule has 1 rings (SSSR count).